The molecule has 1 N–H and O–H groups in total. The first-order valence-electron chi connectivity index (χ1n) is 5.74. The molecule has 0 fully saturated rings. The summed E-state index contributed by atoms with van der Waals surface area (Å²) in [6.45, 7) is 6.87. The summed E-state index contributed by atoms with van der Waals surface area (Å²) in [7, 11) is 0. The molecule has 1 aromatic carbocycles. The molecule has 0 aliphatic rings. The van der Waals surface area contributed by atoms with E-state index < -0.39 is 0 Å². The van der Waals surface area contributed by atoms with Crippen LogP contribution in [0.1, 0.15) is 38.7 Å². The predicted octanol–water partition coefficient (Wildman–Crippen LogP) is 3.46. The third-order valence-corrected chi connectivity index (χ3v) is 2.91. The smallest absolute Gasteiger partial charge is 0.126 e. The quantitative estimate of drug-likeness (QED) is 0.812. The topological polar surface area (TPSA) is 12.0 Å². The summed E-state index contributed by atoms with van der Waals surface area (Å²) in [6, 6.07) is 3.75. The van der Waals surface area contributed by atoms with Crippen LogP contribution in [-0.4, -0.2) is 12.6 Å². The molecule has 1 rings (SSSR count). The maximum atomic E-state index is 13.5. The number of rotatable bonds is 5. The summed E-state index contributed by atoms with van der Waals surface area (Å²) in [5.41, 5.74) is 0.441. The lowest BCUT2D eigenvalue weighted by Gasteiger charge is -2.22. The van der Waals surface area contributed by atoms with Crippen LogP contribution < -0.4 is 5.32 Å². The zero-order chi connectivity index (χ0) is 12.1. The van der Waals surface area contributed by atoms with E-state index in [9.17, 15) is 8.78 Å². The van der Waals surface area contributed by atoms with Crippen LogP contribution in [-0.2, 0) is 0 Å². The molecule has 0 amide bonds. The number of hydrogen-bond donors (Lipinski definition) is 1. The molecule has 0 aromatic heterocycles. The van der Waals surface area contributed by atoms with Crippen molar-refractivity contribution < 1.29 is 8.78 Å². The van der Waals surface area contributed by atoms with Crippen molar-refractivity contribution in [2.45, 2.75) is 39.2 Å². The van der Waals surface area contributed by atoms with E-state index in [0.29, 0.717) is 5.56 Å². The van der Waals surface area contributed by atoms with Crippen LogP contribution in [0, 0.1) is 11.6 Å². The summed E-state index contributed by atoms with van der Waals surface area (Å²) in [6.07, 6.45) is 1.03. The van der Waals surface area contributed by atoms with Gasteiger partial charge >= 0.3 is 0 Å². The monoisotopic (exact) mass is 227 g/mol. The molecule has 1 nitrogen and oxygen atoms in total. The lowest BCUT2D eigenvalue weighted by atomic mass is 9.94. The van der Waals surface area contributed by atoms with Crippen molar-refractivity contribution >= 4 is 0 Å². The van der Waals surface area contributed by atoms with E-state index in [0.717, 1.165) is 19.0 Å². The SMILES string of the molecule is CCCNC(C)C(C)c1cc(F)ccc1F. The zero-order valence-electron chi connectivity index (χ0n) is 10.1. The van der Waals surface area contributed by atoms with Crippen molar-refractivity contribution in [2.75, 3.05) is 6.54 Å². The number of halogens is 2. The molecule has 2 atom stereocenters. The highest BCUT2D eigenvalue weighted by atomic mass is 19.1. The Morgan fingerprint density at radius 3 is 2.56 bits per heavy atom. The molecule has 0 saturated carbocycles. The van der Waals surface area contributed by atoms with Gasteiger partial charge in [0.25, 0.3) is 0 Å². The molecular formula is C13H19F2N. The van der Waals surface area contributed by atoms with E-state index in [4.69, 9.17) is 0 Å². The van der Waals surface area contributed by atoms with Gasteiger partial charge in [-0.05, 0) is 49.6 Å². The molecule has 0 radical (unpaired) electrons. The van der Waals surface area contributed by atoms with Crippen molar-refractivity contribution in [3.05, 3.63) is 35.4 Å². The van der Waals surface area contributed by atoms with Gasteiger partial charge in [-0.1, -0.05) is 13.8 Å². The summed E-state index contributed by atoms with van der Waals surface area (Å²) in [5, 5.41) is 3.29. The van der Waals surface area contributed by atoms with Crippen molar-refractivity contribution in [3.8, 4) is 0 Å². The Bertz CT molecular complexity index is 339. The number of nitrogens with one attached hydrogen (secondary N) is 1. The highest BCUT2D eigenvalue weighted by Gasteiger charge is 2.17. The molecule has 16 heavy (non-hydrogen) atoms. The van der Waals surface area contributed by atoms with Crippen LogP contribution in [0.3, 0.4) is 0 Å². The van der Waals surface area contributed by atoms with E-state index >= 15 is 0 Å². The van der Waals surface area contributed by atoms with E-state index in [1.807, 2.05) is 13.8 Å². The first-order chi connectivity index (χ1) is 7.56. The Hall–Kier alpha value is -0.960. The average Bonchev–Trinajstić information content (AvgIpc) is 2.28. The maximum Gasteiger partial charge on any atom is 0.126 e. The third-order valence-electron chi connectivity index (χ3n) is 2.91. The van der Waals surface area contributed by atoms with E-state index in [1.54, 1.807) is 0 Å². The number of hydrogen-bond acceptors (Lipinski definition) is 1. The maximum absolute atomic E-state index is 13.5. The lowest BCUT2D eigenvalue weighted by molar-refractivity contribution is 0.462. The first kappa shape index (κ1) is 13.1. The molecule has 0 heterocycles. The van der Waals surface area contributed by atoms with Crippen molar-refractivity contribution in [3.63, 3.8) is 0 Å². The molecule has 0 aliphatic carbocycles. The molecule has 0 bridgehead atoms. The van der Waals surface area contributed by atoms with Crippen LogP contribution in [0.15, 0.2) is 18.2 Å². The van der Waals surface area contributed by atoms with Crippen molar-refractivity contribution in [1.29, 1.82) is 0 Å². The Balaban J connectivity index is 2.78. The Morgan fingerprint density at radius 1 is 1.25 bits per heavy atom. The van der Waals surface area contributed by atoms with Gasteiger partial charge in [0, 0.05) is 6.04 Å². The molecule has 0 saturated heterocycles. The Kier molecular flexibility index (Phi) is 4.87. The van der Waals surface area contributed by atoms with Crippen molar-refractivity contribution in [1.82, 2.24) is 5.32 Å². The summed E-state index contributed by atoms with van der Waals surface area (Å²) in [5.74, 6) is -0.757. The molecule has 90 valence electrons. The van der Waals surface area contributed by atoms with Gasteiger partial charge in [0.15, 0.2) is 0 Å². The highest BCUT2D eigenvalue weighted by molar-refractivity contribution is 5.23. The minimum Gasteiger partial charge on any atom is -0.314 e. The van der Waals surface area contributed by atoms with Gasteiger partial charge in [0.05, 0.1) is 0 Å². The van der Waals surface area contributed by atoms with Crippen LogP contribution in [0.2, 0.25) is 0 Å². The molecule has 0 aliphatic heterocycles. The summed E-state index contributed by atoms with van der Waals surface area (Å²) < 4.78 is 26.5. The van der Waals surface area contributed by atoms with Gasteiger partial charge in [-0.15, -0.1) is 0 Å². The lowest BCUT2D eigenvalue weighted by Crippen LogP contribution is -2.31. The highest BCUT2D eigenvalue weighted by Crippen LogP contribution is 2.23. The van der Waals surface area contributed by atoms with E-state index in [-0.39, 0.29) is 23.6 Å². The van der Waals surface area contributed by atoms with Crippen LogP contribution in [0.25, 0.3) is 0 Å². The van der Waals surface area contributed by atoms with Crippen LogP contribution >= 0.6 is 0 Å². The minimum atomic E-state index is -0.383. The van der Waals surface area contributed by atoms with Gasteiger partial charge in [-0.25, -0.2) is 8.78 Å². The van der Waals surface area contributed by atoms with Crippen LogP contribution in [0.5, 0.6) is 0 Å². The predicted molar refractivity (Wildman–Crippen MR) is 62.5 cm³/mol. The van der Waals surface area contributed by atoms with E-state index in [2.05, 4.69) is 12.2 Å². The fraction of sp³-hybridized carbons (Fsp3) is 0.538. The van der Waals surface area contributed by atoms with Crippen LogP contribution in [0.4, 0.5) is 8.78 Å². The summed E-state index contributed by atoms with van der Waals surface area (Å²) >= 11 is 0. The van der Waals surface area contributed by atoms with Gasteiger partial charge in [0.2, 0.25) is 0 Å². The second-order valence-corrected chi connectivity index (χ2v) is 4.20. The second-order valence-electron chi connectivity index (χ2n) is 4.20. The van der Waals surface area contributed by atoms with Crippen molar-refractivity contribution in [2.24, 2.45) is 0 Å². The standard InChI is InChI=1S/C13H19F2N/c1-4-7-16-10(3)9(2)12-8-11(14)5-6-13(12)15/h5-6,8-10,16H,4,7H2,1-3H3. The molecule has 0 spiro atoms. The minimum absolute atomic E-state index is 0.0396. The third kappa shape index (κ3) is 3.27. The fourth-order valence-electron chi connectivity index (χ4n) is 1.68. The Morgan fingerprint density at radius 2 is 1.94 bits per heavy atom. The van der Waals surface area contributed by atoms with E-state index in [1.165, 1.54) is 12.1 Å². The molecule has 2 unspecified atom stereocenters. The van der Waals surface area contributed by atoms with Gasteiger partial charge in [-0.3, -0.25) is 0 Å². The molecular weight excluding hydrogens is 208 g/mol. The van der Waals surface area contributed by atoms with Gasteiger partial charge in [0.1, 0.15) is 11.6 Å². The van der Waals surface area contributed by atoms with Gasteiger partial charge in [-0.2, -0.15) is 0 Å². The first-order valence-corrected chi connectivity index (χ1v) is 5.74. The summed E-state index contributed by atoms with van der Waals surface area (Å²) in [4.78, 5) is 0. The fourth-order valence-corrected chi connectivity index (χ4v) is 1.68. The Labute approximate surface area is 95.9 Å². The zero-order valence-corrected chi connectivity index (χ0v) is 10.1. The number of benzene rings is 1. The normalized spacial score (nSPS) is 14.8. The molecule has 3 heteroatoms. The molecule has 1 aromatic rings. The largest absolute Gasteiger partial charge is 0.314 e. The van der Waals surface area contributed by atoms with Gasteiger partial charge < -0.3 is 5.32 Å². The second kappa shape index (κ2) is 5.94. The average molecular weight is 227 g/mol.